The van der Waals surface area contributed by atoms with Crippen LogP contribution in [0.25, 0.3) is 22.0 Å². The Morgan fingerprint density at radius 2 is 1.83 bits per heavy atom. The highest BCUT2D eigenvalue weighted by molar-refractivity contribution is 5.93. The van der Waals surface area contributed by atoms with Crippen LogP contribution in [0.2, 0.25) is 0 Å². The van der Waals surface area contributed by atoms with Gasteiger partial charge in [-0.2, -0.15) is 0 Å². The van der Waals surface area contributed by atoms with Crippen LogP contribution in [0.1, 0.15) is 5.56 Å². The Labute approximate surface area is 105 Å². The summed E-state index contributed by atoms with van der Waals surface area (Å²) in [5.41, 5.74) is 8.96. The maximum Gasteiger partial charge on any atom is 0.132 e. The summed E-state index contributed by atoms with van der Waals surface area (Å²) in [6, 6.07) is 5.82. The van der Waals surface area contributed by atoms with Gasteiger partial charge >= 0.3 is 0 Å². The van der Waals surface area contributed by atoms with Crippen molar-refractivity contribution in [3.63, 3.8) is 0 Å². The van der Waals surface area contributed by atoms with Crippen LogP contribution in [0, 0.1) is 6.92 Å². The highest BCUT2D eigenvalue weighted by Crippen LogP contribution is 2.26. The molecule has 3 aromatic heterocycles. The first-order valence-electron chi connectivity index (χ1n) is 5.67. The van der Waals surface area contributed by atoms with E-state index in [4.69, 9.17) is 5.73 Å². The second-order valence-electron chi connectivity index (χ2n) is 4.18. The zero-order valence-corrected chi connectivity index (χ0v) is 9.96. The maximum absolute atomic E-state index is 5.99. The molecule has 0 aliphatic carbocycles. The summed E-state index contributed by atoms with van der Waals surface area (Å²) in [5.74, 6) is 0.529. The molecule has 0 radical (unpaired) electrons. The van der Waals surface area contributed by atoms with Crippen LogP contribution >= 0.6 is 0 Å². The lowest BCUT2D eigenvalue weighted by Crippen LogP contribution is -1.96. The van der Waals surface area contributed by atoms with E-state index in [1.54, 1.807) is 18.6 Å². The minimum atomic E-state index is 0.529. The zero-order valence-electron chi connectivity index (χ0n) is 9.96. The largest absolute Gasteiger partial charge is 0.383 e. The molecule has 4 nitrogen and oxygen atoms in total. The van der Waals surface area contributed by atoms with Gasteiger partial charge in [-0.1, -0.05) is 0 Å². The van der Waals surface area contributed by atoms with Gasteiger partial charge in [-0.15, -0.1) is 0 Å². The van der Waals surface area contributed by atoms with Gasteiger partial charge in [-0.3, -0.25) is 9.97 Å². The van der Waals surface area contributed by atoms with Gasteiger partial charge < -0.3 is 5.73 Å². The van der Waals surface area contributed by atoms with Crippen molar-refractivity contribution in [1.29, 1.82) is 0 Å². The number of rotatable bonds is 1. The molecule has 3 aromatic rings. The number of nitrogens with two attached hydrogens (primary N) is 1. The fraction of sp³-hybridized carbons (Fsp3) is 0.0714. The highest BCUT2D eigenvalue weighted by Gasteiger charge is 2.07. The lowest BCUT2D eigenvalue weighted by atomic mass is 10.1. The number of anilines is 1. The lowest BCUT2D eigenvalue weighted by molar-refractivity contribution is 1.25. The second kappa shape index (κ2) is 4.07. The summed E-state index contributed by atoms with van der Waals surface area (Å²) < 4.78 is 0. The quantitative estimate of drug-likeness (QED) is 0.705. The molecule has 0 unspecified atom stereocenters. The molecule has 0 aliphatic rings. The van der Waals surface area contributed by atoms with Crippen molar-refractivity contribution in [1.82, 2.24) is 15.0 Å². The Bertz CT molecular complexity index is 722. The standard InChI is InChI=1S/C14H12N4/c1-9-7-16-4-2-11(9)13-6-10-8-17-5-3-12(10)14(15)18-13/h2-8H,1H3,(H2,15,18). The van der Waals surface area contributed by atoms with Gasteiger partial charge in [0.1, 0.15) is 5.82 Å². The predicted octanol–water partition coefficient (Wildman–Crippen LogP) is 2.58. The fourth-order valence-electron chi connectivity index (χ4n) is 2.02. The third-order valence-corrected chi connectivity index (χ3v) is 2.96. The van der Waals surface area contributed by atoms with Gasteiger partial charge in [-0.05, 0) is 30.7 Å². The van der Waals surface area contributed by atoms with Crippen LogP contribution < -0.4 is 5.73 Å². The van der Waals surface area contributed by atoms with Crippen molar-refractivity contribution in [3.05, 3.63) is 48.5 Å². The predicted molar refractivity (Wildman–Crippen MR) is 71.9 cm³/mol. The normalized spacial score (nSPS) is 10.7. The molecule has 3 rings (SSSR count). The van der Waals surface area contributed by atoms with Gasteiger partial charge in [0.15, 0.2) is 0 Å². The number of nitrogens with zero attached hydrogens (tertiary/aromatic N) is 3. The van der Waals surface area contributed by atoms with E-state index < -0.39 is 0 Å². The first-order chi connectivity index (χ1) is 8.75. The van der Waals surface area contributed by atoms with Crippen molar-refractivity contribution >= 4 is 16.6 Å². The molecule has 0 saturated carbocycles. The van der Waals surface area contributed by atoms with E-state index in [0.29, 0.717) is 5.82 Å². The Hall–Kier alpha value is -2.49. The van der Waals surface area contributed by atoms with E-state index in [2.05, 4.69) is 15.0 Å². The molecule has 0 bridgehead atoms. The molecule has 88 valence electrons. The molecular weight excluding hydrogens is 224 g/mol. The molecule has 18 heavy (non-hydrogen) atoms. The Morgan fingerprint density at radius 1 is 1.06 bits per heavy atom. The van der Waals surface area contributed by atoms with Crippen LogP contribution in [0.15, 0.2) is 43.0 Å². The Kier molecular flexibility index (Phi) is 2.41. The van der Waals surface area contributed by atoms with E-state index in [0.717, 1.165) is 27.6 Å². The maximum atomic E-state index is 5.99. The van der Waals surface area contributed by atoms with Crippen molar-refractivity contribution < 1.29 is 0 Å². The summed E-state index contributed by atoms with van der Waals surface area (Å²) in [5, 5.41) is 1.93. The summed E-state index contributed by atoms with van der Waals surface area (Å²) >= 11 is 0. The highest BCUT2D eigenvalue weighted by atomic mass is 14.8. The van der Waals surface area contributed by atoms with Gasteiger partial charge in [0, 0.05) is 41.1 Å². The van der Waals surface area contributed by atoms with Crippen molar-refractivity contribution in [2.45, 2.75) is 6.92 Å². The molecule has 0 aliphatic heterocycles. The number of hydrogen-bond donors (Lipinski definition) is 1. The van der Waals surface area contributed by atoms with Gasteiger partial charge in [0.2, 0.25) is 0 Å². The average Bonchev–Trinajstić information content (AvgIpc) is 2.39. The number of fused-ring (bicyclic) bond motifs is 1. The van der Waals surface area contributed by atoms with Crippen molar-refractivity contribution in [2.75, 3.05) is 5.73 Å². The molecular formula is C14H12N4. The number of hydrogen-bond acceptors (Lipinski definition) is 4. The van der Waals surface area contributed by atoms with E-state index in [-0.39, 0.29) is 0 Å². The number of pyridine rings is 3. The van der Waals surface area contributed by atoms with Crippen molar-refractivity contribution in [3.8, 4) is 11.3 Å². The van der Waals surface area contributed by atoms with Gasteiger partial charge in [-0.25, -0.2) is 4.98 Å². The summed E-state index contributed by atoms with van der Waals surface area (Å²) in [7, 11) is 0. The first-order valence-corrected chi connectivity index (χ1v) is 5.67. The molecule has 0 aromatic carbocycles. The molecule has 0 atom stereocenters. The van der Waals surface area contributed by atoms with Gasteiger partial charge in [0.25, 0.3) is 0 Å². The van der Waals surface area contributed by atoms with E-state index in [1.165, 1.54) is 0 Å². The topological polar surface area (TPSA) is 64.7 Å². The minimum Gasteiger partial charge on any atom is -0.383 e. The fourth-order valence-corrected chi connectivity index (χ4v) is 2.02. The summed E-state index contributed by atoms with van der Waals surface area (Å²) in [4.78, 5) is 12.7. The smallest absolute Gasteiger partial charge is 0.132 e. The third-order valence-electron chi connectivity index (χ3n) is 2.96. The second-order valence-corrected chi connectivity index (χ2v) is 4.18. The molecule has 0 saturated heterocycles. The number of aryl methyl sites for hydroxylation is 1. The molecule has 3 heterocycles. The van der Waals surface area contributed by atoms with E-state index in [1.807, 2.05) is 31.3 Å². The lowest BCUT2D eigenvalue weighted by Gasteiger charge is -2.07. The molecule has 4 heteroatoms. The van der Waals surface area contributed by atoms with Crippen LogP contribution in [0.4, 0.5) is 5.82 Å². The summed E-state index contributed by atoms with van der Waals surface area (Å²) in [6.45, 7) is 2.01. The van der Waals surface area contributed by atoms with E-state index >= 15 is 0 Å². The van der Waals surface area contributed by atoms with Gasteiger partial charge in [0.05, 0.1) is 5.69 Å². The zero-order chi connectivity index (χ0) is 12.5. The average molecular weight is 236 g/mol. The van der Waals surface area contributed by atoms with Crippen LogP contribution in [-0.4, -0.2) is 15.0 Å². The molecule has 0 spiro atoms. The van der Waals surface area contributed by atoms with Crippen LogP contribution in [0.3, 0.4) is 0 Å². The Morgan fingerprint density at radius 3 is 2.67 bits per heavy atom. The SMILES string of the molecule is Cc1cnccc1-c1cc2cnccc2c(N)n1. The van der Waals surface area contributed by atoms with Crippen molar-refractivity contribution in [2.24, 2.45) is 0 Å². The Balaban J connectivity index is 2.28. The monoisotopic (exact) mass is 236 g/mol. The van der Waals surface area contributed by atoms with Crippen LogP contribution in [0.5, 0.6) is 0 Å². The third kappa shape index (κ3) is 1.68. The van der Waals surface area contributed by atoms with E-state index in [9.17, 15) is 0 Å². The summed E-state index contributed by atoms with van der Waals surface area (Å²) in [6.07, 6.45) is 7.10. The molecule has 0 fully saturated rings. The number of nitrogen functional groups attached to an aromatic ring is 1. The molecule has 0 amide bonds. The van der Waals surface area contributed by atoms with Crippen LogP contribution in [-0.2, 0) is 0 Å². The number of aromatic nitrogens is 3. The minimum absolute atomic E-state index is 0.529. The molecule has 2 N–H and O–H groups in total. The first kappa shape index (κ1) is 10.7.